The van der Waals surface area contributed by atoms with E-state index in [1.54, 1.807) is 6.33 Å². The van der Waals surface area contributed by atoms with Crippen molar-refractivity contribution in [3.05, 3.63) is 18.6 Å². The fourth-order valence-electron chi connectivity index (χ4n) is 3.13. The summed E-state index contributed by atoms with van der Waals surface area (Å²) >= 11 is 0. The van der Waals surface area contributed by atoms with Gasteiger partial charge in [0.15, 0.2) is 0 Å². The van der Waals surface area contributed by atoms with Crippen molar-refractivity contribution in [2.45, 2.75) is 31.7 Å². The number of hydrogen-bond acceptors (Lipinski definition) is 5. The normalized spacial score (nSPS) is 21.2. The summed E-state index contributed by atoms with van der Waals surface area (Å²) in [4.78, 5) is 14.0. The highest BCUT2D eigenvalue weighted by Crippen LogP contribution is 2.37. The van der Waals surface area contributed by atoms with Crippen molar-refractivity contribution in [1.82, 2.24) is 19.7 Å². The van der Waals surface area contributed by atoms with Gasteiger partial charge in [-0.3, -0.25) is 0 Å². The van der Waals surface area contributed by atoms with Crippen molar-refractivity contribution >= 4 is 27.7 Å². The molecule has 0 radical (unpaired) electrons. The Hall–Kier alpha value is -1.67. The topological polar surface area (TPSA) is 91.0 Å². The second-order valence-corrected chi connectivity index (χ2v) is 6.68. The van der Waals surface area contributed by atoms with E-state index in [1.807, 2.05) is 12.3 Å². The van der Waals surface area contributed by atoms with Crippen LogP contribution in [0.15, 0.2) is 18.6 Å². The first-order chi connectivity index (χ1) is 10.6. The minimum absolute atomic E-state index is 0.502. The second-order valence-electron chi connectivity index (χ2n) is 5.85. The van der Waals surface area contributed by atoms with Gasteiger partial charge in [-0.2, -0.15) is 0 Å². The van der Waals surface area contributed by atoms with Gasteiger partial charge in [-0.25, -0.2) is 23.1 Å². The average Bonchev–Trinajstić information content (AvgIpc) is 2.92. The molecular formula is C14H21N5O2S. The van der Waals surface area contributed by atoms with E-state index in [9.17, 15) is 8.42 Å². The van der Waals surface area contributed by atoms with Gasteiger partial charge in [-0.05, 0) is 37.7 Å². The Bertz CT molecular complexity index is 700. The molecule has 120 valence electrons. The standard InChI is InChI=1S/C14H21N5O2S/c1-19(14-12-4-6-15-13(12)16-9-17-14)11-7-10(8-11)3-2-5-18-22(20)21/h4,6,9-11,22H,2-3,5,7-8H2,1H3,(H,15,16,17)(H,18,20,21). The largest absolute Gasteiger partial charge is 0.356 e. The number of anilines is 1. The first-order valence-electron chi connectivity index (χ1n) is 7.54. The van der Waals surface area contributed by atoms with Crippen LogP contribution in [-0.4, -0.2) is 43.0 Å². The molecule has 0 aromatic carbocycles. The highest BCUT2D eigenvalue weighted by Gasteiger charge is 2.32. The van der Waals surface area contributed by atoms with E-state index < -0.39 is 10.9 Å². The van der Waals surface area contributed by atoms with Crippen molar-refractivity contribution < 1.29 is 8.42 Å². The number of aromatic amines is 1. The van der Waals surface area contributed by atoms with Gasteiger partial charge in [0, 0.05) is 25.8 Å². The number of fused-ring (bicyclic) bond motifs is 1. The van der Waals surface area contributed by atoms with Crippen molar-refractivity contribution in [1.29, 1.82) is 0 Å². The summed E-state index contributed by atoms with van der Waals surface area (Å²) in [6, 6.07) is 2.51. The van der Waals surface area contributed by atoms with Gasteiger partial charge >= 0.3 is 0 Å². The minimum Gasteiger partial charge on any atom is -0.356 e. The van der Waals surface area contributed by atoms with Gasteiger partial charge in [-0.15, -0.1) is 0 Å². The third-order valence-electron chi connectivity index (χ3n) is 4.46. The summed E-state index contributed by atoms with van der Waals surface area (Å²) in [5, 5.41) is 1.05. The van der Waals surface area contributed by atoms with Crippen LogP contribution in [0.1, 0.15) is 25.7 Å². The maximum atomic E-state index is 10.4. The zero-order valence-corrected chi connectivity index (χ0v) is 13.4. The van der Waals surface area contributed by atoms with Crippen LogP contribution in [0.2, 0.25) is 0 Å². The van der Waals surface area contributed by atoms with E-state index in [4.69, 9.17) is 0 Å². The number of thiol groups is 1. The Morgan fingerprint density at radius 1 is 1.41 bits per heavy atom. The van der Waals surface area contributed by atoms with Crippen molar-refractivity contribution in [3.63, 3.8) is 0 Å². The Morgan fingerprint density at radius 2 is 2.23 bits per heavy atom. The van der Waals surface area contributed by atoms with Crippen LogP contribution < -0.4 is 9.62 Å². The third kappa shape index (κ3) is 3.22. The van der Waals surface area contributed by atoms with Gasteiger partial charge in [0.25, 0.3) is 0 Å². The molecule has 2 aromatic heterocycles. The molecule has 2 N–H and O–H groups in total. The zero-order chi connectivity index (χ0) is 15.5. The van der Waals surface area contributed by atoms with Crippen LogP contribution in [0.4, 0.5) is 5.82 Å². The molecule has 22 heavy (non-hydrogen) atoms. The summed E-state index contributed by atoms with van der Waals surface area (Å²) < 4.78 is 23.3. The van der Waals surface area contributed by atoms with E-state index >= 15 is 0 Å². The molecule has 0 unspecified atom stereocenters. The minimum atomic E-state index is -2.45. The highest BCUT2D eigenvalue weighted by molar-refractivity contribution is 7.70. The first-order valence-corrected chi connectivity index (χ1v) is 8.71. The smallest absolute Gasteiger partial charge is 0.201 e. The summed E-state index contributed by atoms with van der Waals surface area (Å²) in [6.07, 6.45) is 7.72. The zero-order valence-electron chi connectivity index (χ0n) is 12.5. The number of nitrogens with one attached hydrogen (secondary N) is 2. The van der Waals surface area contributed by atoms with Gasteiger partial charge in [0.2, 0.25) is 10.9 Å². The van der Waals surface area contributed by atoms with Crippen molar-refractivity contribution in [2.75, 3.05) is 18.5 Å². The van der Waals surface area contributed by atoms with Crippen molar-refractivity contribution in [2.24, 2.45) is 5.92 Å². The van der Waals surface area contributed by atoms with E-state index in [0.29, 0.717) is 18.5 Å². The molecule has 2 heterocycles. The fourth-order valence-corrected chi connectivity index (χ4v) is 3.47. The molecule has 2 aromatic rings. The average molecular weight is 323 g/mol. The molecule has 0 amide bonds. The summed E-state index contributed by atoms with van der Waals surface area (Å²) in [6.45, 7) is 0.547. The molecular weight excluding hydrogens is 302 g/mol. The number of H-pyrrole nitrogens is 1. The third-order valence-corrected chi connectivity index (χ3v) is 4.94. The van der Waals surface area contributed by atoms with Crippen LogP contribution in [0.5, 0.6) is 0 Å². The lowest BCUT2D eigenvalue weighted by atomic mass is 9.77. The lowest BCUT2D eigenvalue weighted by molar-refractivity contribution is 0.239. The summed E-state index contributed by atoms with van der Waals surface area (Å²) in [7, 11) is -0.372. The van der Waals surface area contributed by atoms with E-state index in [-0.39, 0.29) is 0 Å². The van der Waals surface area contributed by atoms with Crippen LogP contribution >= 0.6 is 0 Å². The van der Waals surface area contributed by atoms with Crippen molar-refractivity contribution in [3.8, 4) is 0 Å². The lowest BCUT2D eigenvalue weighted by Crippen LogP contribution is -2.43. The van der Waals surface area contributed by atoms with Crippen LogP contribution in [0, 0.1) is 5.92 Å². The molecule has 0 atom stereocenters. The van der Waals surface area contributed by atoms with Crippen LogP contribution in [0.25, 0.3) is 11.0 Å². The predicted molar refractivity (Wildman–Crippen MR) is 86.4 cm³/mol. The Balaban J connectivity index is 1.51. The quantitative estimate of drug-likeness (QED) is 0.524. The van der Waals surface area contributed by atoms with Gasteiger partial charge in [0.1, 0.15) is 17.8 Å². The fraction of sp³-hybridized carbons (Fsp3) is 0.571. The molecule has 1 fully saturated rings. The predicted octanol–water partition coefficient (Wildman–Crippen LogP) is 1.07. The molecule has 1 aliphatic rings. The highest BCUT2D eigenvalue weighted by atomic mass is 32.2. The molecule has 8 heteroatoms. The van der Waals surface area contributed by atoms with E-state index in [0.717, 1.165) is 42.5 Å². The van der Waals surface area contributed by atoms with E-state index in [2.05, 4.69) is 31.6 Å². The number of hydrogen-bond donors (Lipinski definition) is 3. The second kappa shape index (κ2) is 6.62. The number of nitrogens with zero attached hydrogens (tertiary/aromatic N) is 3. The Morgan fingerprint density at radius 3 is 3.00 bits per heavy atom. The number of aromatic nitrogens is 3. The maximum absolute atomic E-state index is 10.4. The van der Waals surface area contributed by atoms with E-state index in [1.165, 1.54) is 0 Å². The SMILES string of the molecule is CN(c1ncnc2[nH]ccc12)C1CC(CCCN[SH](=O)=O)C1. The molecule has 0 spiro atoms. The number of rotatable bonds is 7. The van der Waals surface area contributed by atoms with Gasteiger partial charge in [-0.1, -0.05) is 0 Å². The molecule has 0 bridgehead atoms. The molecule has 0 saturated heterocycles. The molecule has 3 rings (SSSR count). The van der Waals surface area contributed by atoms with Crippen LogP contribution in [0.3, 0.4) is 0 Å². The molecule has 7 nitrogen and oxygen atoms in total. The van der Waals surface area contributed by atoms with Gasteiger partial charge < -0.3 is 9.88 Å². The van der Waals surface area contributed by atoms with Crippen LogP contribution in [-0.2, 0) is 10.9 Å². The molecule has 1 aliphatic carbocycles. The monoisotopic (exact) mass is 323 g/mol. The lowest BCUT2D eigenvalue weighted by Gasteiger charge is -2.42. The Labute approximate surface area is 131 Å². The molecule has 1 saturated carbocycles. The summed E-state index contributed by atoms with van der Waals surface area (Å²) in [5.41, 5.74) is 0.866. The maximum Gasteiger partial charge on any atom is 0.201 e. The molecule has 0 aliphatic heterocycles. The first kappa shape index (κ1) is 15.2. The summed E-state index contributed by atoms with van der Waals surface area (Å²) in [5.74, 6) is 1.65. The van der Waals surface area contributed by atoms with Gasteiger partial charge in [0.05, 0.1) is 5.39 Å². The Kier molecular flexibility index (Phi) is 4.58.